The predicted molar refractivity (Wildman–Crippen MR) is 75.0 cm³/mol. The van der Waals surface area contributed by atoms with Gasteiger partial charge in [0.15, 0.2) is 0 Å². The van der Waals surface area contributed by atoms with Crippen molar-refractivity contribution in [2.75, 3.05) is 7.11 Å². The van der Waals surface area contributed by atoms with Crippen LogP contribution in [0.25, 0.3) is 10.9 Å². The van der Waals surface area contributed by atoms with Gasteiger partial charge in [-0.05, 0) is 44.9 Å². The number of fused-ring (bicyclic) bond motifs is 1. The minimum Gasteiger partial charge on any atom is -0.496 e. The summed E-state index contributed by atoms with van der Waals surface area (Å²) in [6.07, 6.45) is 0.594. The van der Waals surface area contributed by atoms with E-state index in [0.29, 0.717) is 23.1 Å². The minimum absolute atomic E-state index is 0.334. The molecular weight excluding hydrogens is 243 g/mol. The Hall–Kier alpha value is -1.68. The Labute approximate surface area is 112 Å². The Kier molecular flexibility index (Phi) is 3.45. The van der Waals surface area contributed by atoms with E-state index in [0.717, 1.165) is 11.3 Å². The van der Waals surface area contributed by atoms with Crippen LogP contribution in [-0.2, 0) is 6.42 Å². The summed E-state index contributed by atoms with van der Waals surface area (Å²) in [5.41, 5.74) is 7.53. The third-order valence-corrected chi connectivity index (χ3v) is 2.90. The van der Waals surface area contributed by atoms with Crippen LogP contribution in [-0.4, -0.2) is 17.6 Å². The molecule has 0 spiro atoms. The molecule has 0 fully saturated rings. The van der Waals surface area contributed by atoms with E-state index in [1.54, 1.807) is 13.2 Å². The van der Waals surface area contributed by atoms with Gasteiger partial charge in [-0.15, -0.1) is 0 Å². The van der Waals surface area contributed by atoms with Crippen LogP contribution in [0.3, 0.4) is 0 Å². The van der Waals surface area contributed by atoms with Gasteiger partial charge in [-0.3, -0.25) is 0 Å². The first-order valence-corrected chi connectivity index (χ1v) is 6.23. The summed E-state index contributed by atoms with van der Waals surface area (Å²) in [4.78, 5) is 4.24. The molecule has 2 aromatic rings. The molecule has 2 rings (SSSR count). The number of nitrogens with zero attached hydrogens (tertiary/aromatic N) is 1. The molecule has 4 heteroatoms. The number of aromatic nitrogens is 1. The van der Waals surface area contributed by atoms with Crippen LogP contribution in [0.1, 0.15) is 25.1 Å². The summed E-state index contributed by atoms with van der Waals surface area (Å²) < 4.78 is 19.5. The highest BCUT2D eigenvalue weighted by atomic mass is 19.1. The molecule has 1 aromatic carbocycles. The molecule has 1 aromatic heterocycles. The molecule has 1 heterocycles. The van der Waals surface area contributed by atoms with Crippen LogP contribution in [0.15, 0.2) is 18.2 Å². The highest BCUT2D eigenvalue weighted by Crippen LogP contribution is 2.29. The fraction of sp³-hybridized carbons (Fsp3) is 0.400. The molecule has 2 N–H and O–H groups in total. The largest absolute Gasteiger partial charge is 0.496 e. The standard InChI is InChI=1S/C15H19FN2O/c1-9-5-13(19-4)11-6-10(8-15(2,3)17)7-12(16)14(11)18-9/h5-7H,8,17H2,1-4H3. The van der Waals surface area contributed by atoms with Crippen LogP contribution in [0.4, 0.5) is 4.39 Å². The maximum atomic E-state index is 14.2. The highest BCUT2D eigenvalue weighted by molar-refractivity contribution is 5.86. The maximum Gasteiger partial charge on any atom is 0.149 e. The number of halogens is 1. The lowest BCUT2D eigenvalue weighted by Crippen LogP contribution is -2.34. The van der Waals surface area contributed by atoms with Crippen molar-refractivity contribution < 1.29 is 9.13 Å². The zero-order valence-corrected chi connectivity index (χ0v) is 11.7. The predicted octanol–water partition coefficient (Wildman–Crippen LogP) is 2.97. The van der Waals surface area contributed by atoms with Crippen LogP contribution >= 0.6 is 0 Å². The summed E-state index contributed by atoms with van der Waals surface area (Å²) >= 11 is 0. The summed E-state index contributed by atoms with van der Waals surface area (Å²) in [6.45, 7) is 5.65. The number of methoxy groups -OCH3 is 1. The number of rotatable bonds is 3. The van der Waals surface area contributed by atoms with Crippen LogP contribution in [0, 0.1) is 12.7 Å². The molecule has 0 saturated carbocycles. The van der Waals surface area contributed by atoms with Gasteiger partial charge in [-0.2, -0.15) is 0 Å². The zero-order chi connectivity index (χ0) is 14.2. The van der Waals surface area contributed by atoms with E-state index in [1.165, 1.54) is 6.07 Å². The number of nitrogens with two attached hydrogens (primary N) is 1. The normalized spacial score (nSPS) is 11.9. The third-order valence-electron chi connectivity index (χ3n) is 2.90. The van der Waals surface area contributed by atoms with Crippen molar-refractivity contribution in [3.63, 3.8) is 0 Å². The molecule has 0 aliphatic heterocycles. The average molecular weight is 262 g/mol. The van der Waals surface area contributed by atoms with Gasteiger partial charge in [0.1, 0.15) is 17.1 Å². The summed E-state index contributed by atoms with van der Waals surface area (Å²) in [5, 5.41) is 0.687. The number of hydrogen-bond donors (Lipinski definition) is 1. The SMILES string of the molecule is COc1cc(C)nc2c(F)cc(CC(C)(C)N)cc12. The molecule has 19 heavy (non-hydrogen) atoms. The fourth-order valence-corrected chi connectivity index (χ4v) is 2.23. The van der Waals surface area contributed by atoms with Gasteiger partial charge in [0.05, 0.1) is 7.11 Å². The van der Waals surface area contributed by atoms with E-state index in [2.05, 4.69) is 4.98 Å². The number of benzene rings is 1. The summed E-state index contributed by atoms with van der Waals surface area (Å²) in [5.74, 6) is 0.303. The first-order chi connectivity index (χ1) is 8.80. The van der Waals surface area contributed by atoms with Gasteiger partial charge in [0.25, 0.3) is 0 Å². The molecular formula is C15H19FN2O. The van der Waals surface area contributed by atoms with Crippen LogP contribution in [0.5, 0.6) is 5.75 Å². The Morgan fingerprint density at radius 2 is 2.00 bits per heavy atom. The van der Waals surface area contributed by atoms with Gasteiger partial charge in [0.2, 0.25) is 0 Å². The lowest BCUT2D eigenvalue weighted by atomic mass is 9.95. The molecule has 0 saturated heterocycles. The Balaban J connectivity index is 2.64. The van der Waals surface area contributed by atoms with Crippen molar-refractivity contribution in [2.24, 2.45) is 5.73 Å². The Morgan fingerprint density at radius 3 is 2.58 bits per heavy atom. The molecule has 0 aliphatic rings. The smallest absolute Gasteiger partial charge is 0.149 e. The second-order valence-electron chi connectivity index (χ2n) is 5.61. The molecule has 0 atom stereocenters. The topological polar surface area (TPSA) is 48.1 Å². The van der Waals surface area contributed by atoms with E-state index in [4.69, 9.17) is 10.5 Å². The average Bonchev–Trinajstić information content (AvgIpc) is 2.27. The number of hydrogen-bond acceptors (Lipinski definition) is 3. The highest BCUT2D eigenvalue weighted by Gasteiger charge is 2.16. The molecule has 0 bridgehead atoms. The van der Waals surface area contributed by atoms with Crippen molar-refractivity contribution in [1.82, 2.24) is 4.98 Å². The minimum atomic E-state index is -0.383. The summed E-state index contributed by atoms with van der Waals surface area (Å²) in [7, 11) is 1.58. The first-order valence-electron chi connectivity index (χ1n) is 6.23. The number of pyridine rings is 1. The van der Waals surface area contributed by atoms with E-state index < -0.39 is 0 Å². The second kappa shape index (κ2) is 4.78. The monoisotopic (exact) mass is 262 g/mol. The van der Waals surface area contributed by atoms with E-state index in [9.17, 15) is 4.39 Å². The Morgan fingerprint density at radius 1 is 1.32 bits per heavy atom. The van der Waals surface area contributed by atoms with Gasteiger partial charge >= 0.3 is 0 Å². The van der Waals surface area contributed by atoms with Crippen molar-refractivity contribution in [1.29, 1.82) is 0 Å². The first kappa shape index (κ1) is 13.7. The van der Waals surface area contributed by atoms with Gasteiger partial charge in [-0.25, -0.2) is 9.37 Å². The van der Waals surface area contributed by atoms with Crippen molar-refractivity contribution >= 4 is 10.9 Å². The van der Waals surface area contributed by atoms with Gasteiger partial charge in [0, 0.05) is 22.7 Å². The molecule has 0 aliphatic carbocycles. The quantitative estimate of drug-likeness (QED) is 0.925. The van der Waals surface area contributed by atoms with Gasteiger partial charge in [-0.1, -0.05) is 0 Å². The summed E-state index contributed by atoms with van der Waals surface area (Å²) in [6, 6.07) is 5.21. The maximum absolute atomic E-state index is 14.2. The van der Waals surface area contributed by atoms with Crippen LogP contribution in [0.2, 0.25) is 0 Å². The molecule has 0 radical (unpaired) electrons. The lowest BCUT2D eigenvalue weighted by Gasteiger charge is -2.19. The van der Waals surface area contributed by atoms with Crippen LogP contribution < -0.4 is 10.5 Å². The van der Waals surface area contributed by atoms with Crippen molar-refractivity contribution in [3.8, 4) is 5.75 Å². The van der Waals surface area contributed by atoms with E-state index in [1.807, 2.05) is 26.8 Å². The third kappa shape index (κ3) is 3.01. The molecule has 0 amide bonds. The van der Waals surface area contributed by atoms with E-state index >= 15 is 0 Å². The molecule has 102 valence electrons. The van der Waals surface area contributed by atoms with Gasteiger partial charge < -0.3 is 10.5 Å². The lowest BCUT2D eigenvalue weighted by molar-refractivity contribution is 0.419. The molecule has 3 nitrogen and oxygen atoms in total. The van der Waals surface area contributed by atoms with E-state index in [-0.39, 0.29) is 11.4 Å². The van der Waals surface area contributed by atoms with Crippen molar-refractivity contribution in [3.05, 3.63) is 35.3 Å². The Bertz CT molecular complexity index is 618. The number of ether oxygens (including phenoxy) is 1. The second-order valence-corrected chi connectivity index (χ2v) is 5.61. The van der Waals surface area contributed by atoms with Crippen molar-refractivity contribution in [2.45, 2.75) is 32.7 Å². The molecule has 0 unspecified atom stereocenters. The number of aryl methyl sites for hydroxylation is 1. The fourth-order valence-electron chi connectivity index (χ4n) is 2.23. The zero-order valence-electron chi connectivity index (χ0n) is 11.7.